The summed E-state index contributed by atoms with van der Waals surface area (Å²) in [4.78, 5) is 31.0. The highest BCUT2D eigenvalue weighted by atomic mass is 35.5. The first-order valence-corrected chi connectivity index (χ1v) is 11.1. The molecule has 33 heavy (non-hydrogen) atoms. The molecule has 1 aliphatic rings. The molecule has 1 saturated heterocycles. The molecule has 1 fully saturated rings. The lowest BCUT2D eigenvalue weighted by atomic mass is 10.1. The minimum atomic E-state index is -0.415. The molecule has 4 rings (SSSR count). The second-order valence-electron chi connectivity index (χ2n) is 7.59. The van der Waals surface area contributed by atoms with E-state index in [1.807, 2.05) is 43.3 Å². The van der Waals surface area contributed by atoms with Gasteiger partial charge in [-0.25, -0.2) is 4.98 Å². The van der Waals surface area contributed by atoms with Crippen molar-refractivity contribution in [3.05, 3.63) is 77.4 Å². The van der Waals surface area contributed by atoms with Crippen LogP contribution in [0.1, 0.15) is 18.9 Å². The number of carbonyl (C=O) groups is 2. The molecule has 0 spiro atoms. The summed E-state index contributed by atoms with van der Waals surface area (Å²) in [5, 5.41) is 3.45. The summed E-state index contributed by atoms with van der Waals surface area (Å²) in [6.07, 6.45) is 1.82. The van der Waals surface area contributed by atoms with E-state index in [-0.39, 0.29) is 18.2 Å². The average molecular weight is 466 g/mol. The molecule has 0 aliphatic carbocycles. The first kappa shape index (κ1) is 22.6. The third kappa shape index (κ3) is 5.62. The molecule has 2 aromatic carbocycles. The minimum Gasteiger partial charge on any atom is -0.490 e. The molecule has 2 heterocycles. The Hall–Kier alpha value is -3.58. The standard InChI is InChI=1S/C25H24ClN3O4/c1-2-32-21-8-3-4-9-22(21)33-23-11-10-17(14-27-23)15-28-25(31)18-12-24(30)29(16-18)20-7-5-6-19(26)13-20/h3-11,13-14,18H,2,12,15-16H2,1H3,(H,28,31). The molecule has 7 nitrogen and oxygen atoms in total. The van der Waals surface area contributed by atoms with Crippen molar-refractivity contribution < 1.29 is 19.1 Å². The maximum Gasteiger partial charge on any atom is 0.227 e. The molecule has 0 saturated carbocycles. The maximum atomic E-state index is 12.6. The molecule has 1 aliphatic heterocycles. The monoisotopic (exact) mass is 465 g/mol. The molecule has 1 N–H and O–H groups in total. The summed E-state index contributed by atoms with van der Waals surface area (Å²) in [5.41, 5.74) is 1.53. The van der Waals surface area contributed by atoms with Crippen molar-refractivity contribution >= 4 is 29.1 Å². The van der Waals surface area contributed by atoms with E-state index >= 15 is 0 Å². The number of pyridine rings is 1. The molecule has 0 bridgehead atoms. The van der Waals surface area contributed by atoms with Crippen molar-refractivity contribution in [2.24, 2.45) is 5.92 Å². The van der Waals surface area contributed by atoms with Crippen molar-refractivity contribution in [3.8, 4) is 17.4 Å². The molecular weight excluding hydrogens is 442 g/mol. The van der Waals surface area contributed by atoms with Gasteiger partial charge in [0.2, 0.25) is 17.7 Å². The van der Waals surface area contributed by atoms with Gasteiger partial charge in [0.15, 0.2) is 11.5 Å². The van der Waals surface area contributed by atoms with Gasteiger partial charge in [-0.2, -0.15) is 0 Å². The Bertz CT molecular complexity index is 1140. The number of halogens is 1. The molecule has 1 unspecified atom stereocenters. The largest absolute Gasteiger partial charge is 0.490 e. The van der Waals surface area contributed by atoms with Crippen molar-refractivity contribution in [1.29, 1.82) is 0 Å². The number of anilines is 1. The Kier molecular flexibility index (Phi) is 7.10. The van der Waals surface area contributed by atoms with Crippen LogP contribution in [0.5, 0.6) is 17.4 Å². The number of carbonyl (C=O) groups excluding carboxylic acids is 2. The summed E-state index contributed by atoms with van der Waals surface area (Å²) in [6, 6.07) is 18.0. The van der Waals surface area contributed by atoms with Crippen molar-refractivity contribution in [1.82, 2.24) is 10.3 Å². The number of amides is 2. The van der Waals surface area contributed by atoms with Crippen LogP contribution < -0.4 is 19.7 Å². The number of nitrogens with zero attached hydrogens (tertiary/aromatic N) is 2. The van der Waals surface area contributed by atoms with E-state index in [0.29, 0.717) is 47.8 Å². The number of nitrogens with one attached hydrogen (secondary N) is 1. The van der Waals surface area contributed by atoms with E-state index in [0.717, 1.165) is 5.56 Å². The highest BCUT2D eigenvalue weighted by Gasteiger charge is 2.35. The van der Waals surface area contributed by atoms with Crippen LogP contribution in [0, 0.1) is 5.92 Å². The fraction of sp³-hybridized carbons (Fsp3) is 0.240. The first-order chi connectivity index (χ1) is 16.0. The van der Waals surface area contributed by atoms with E-state index in [1.54, 1.807) is 35.4 Å². The molecule has 8 heteroatoms. The van der Waals surface area contributed by atoms with Gasteiger partial charge in [0.05, 0.1) is 12.5 Å². The molecule has 1 atom stereocenters. The van der Waals surface area contributed by atoms with E-state index in [2.05, 4.69) is 10.3 Å². The number of aromatic nitrogens is 1. The quantitative estimate of drug-likeness (QED) is 0.526. The summed E-state index contributed by atoms with van der Waals surface area (Å²) in [6.45, 7) is 3.09. The van der Waals surface area contributed by atoms with Crippen LogP contribution in [0.2, 0.25) is 5.02 Å². The SMILES string of the molecule is CCOc1ccccc1Oc1ccc(CNC(=O)C2CC(=O)N(c3cccc(Cl)c3)C2)cn1. The minimum absolute atomic E-state index is 0.0899. The van der Waals surface area contributed by atoms with Gasteiger partial charge in [0.1, 0.15) is 0 Å². The number of para-hydroxylation sites is 2. The smallest absolute Gasteiger partial charge is 0.227 e. The fourth-order valence-electron chi connectivity index (χ4n) is 3.61. The zero-order valence-corrected chi connectivity index (χ0v) is 18.9. The lowest BCUT2D eigenvalue weighted by Crippen LogP contribution is -2.32. The Labute approximate surface area is 197 Å². The summed E-state index contributed by atoms with van der Waals surface area (Å²) in [5.74, 6) is 0.990. The molecule has 1 aromatic heterocycles. The number of rotatable bonds is 8. The van der Waals surface area contributed by atoms with Crippen LogP contribution in [0.15, 0.2) is 66.9 Å². The van der Waals surface area contributed by atoms with Crippen molar-refractivity contribution in [2.75, 3.05) is 18.1 Å². The molecule has 2 amide bonds. The van der Waals surface area contributed by atoms with Gasteiger partial charge in [-0.3, -0.25) is 9.59 Å². The van der Waals surface area contributed by atoms with Crippen molar-refractivity contribution in [3.63, 3.8) is 0 Å². The van der Waals surface area contributed by atoms with E-state index in [9.17, 15) is 9.59 Å². The zero-order chi connectivity index (χ0) is 23.2. The van der Waals surface area contributed by atoms with E-state index in [1.165, 1.54) is 0 Å². The predicted octanol–water partition coefficient (Wildman–Crippen LogP) is 4.60. The highest BCUT2D eigenvalue weighted by Crippen LogP contribution is 2.30. The molecule has 170 valence electrons. The summed E-state index contributed by atoms with van der Waals surface area (Å²) >= 11 is 6.03. The van der Waals surface area contributed by atoms with Crippen LogP contribution in [0.25, 0.3) is 0 Å². The van der Waals surface area contributed by atoms with Crippen LogP contribution in [0.4, 0.5) is 5.69 Å². The summed E-state index contributed by atoms with van der Waals surface area (Å²) < 4.78 is 11.4. The maximum absolute atomic E-state index is 12.6. The second kappa shape index (κ2) is 10.4. The van der Waals surface area contributed by atoms with Crippen molar-refractivity contribution in [2.45, 2.75) is 19.9 Å². The predicted molar refractivity (Wildman–Crippen MR) is 126 cm³/mol. The molecule has 3 aromatic rings. The van der Waals surface area contributed by atoms with Gasteiger partial charge < -0.3 is 19.7 Å². The van der Waals surface area contributed by atoms with Gasteiger partial charge in [-0.1, -0.05) is 35.9 Å². The Morgan fingerprint density at radius 2 is 1.97 bits per heavy atom. The first-order valence-electron chi connectivity index (χ1n) is 10.7. The fourth-order valence-corrected chi connectivity index (χ4v) is 3.79. The average Bonchev–Trinajstić information content (AvgIpc) is 3.21. The second-order valence-corrected chi connectivity index (χ2v) is 8.03. The Morgan fingerprint density at radius 1 is 1.15 bits per heavy atom. The van der Waals surface area contributed by atoms with E-state index in [4.69, 9.17) is 21.1 Å². The lowest BCUT2D eigenvalue weighted by Gasteiger charge is -2.17. The third-order valence-corrected chi connectivity index (χ3v) is 5.48. The number of ether oxygens (including phenoxy) is 2. The molecule has 0 radical (unpaired) electrons. The van der Waals surface area contributed by atoms with Crippen LogP contribution in [-0.4, -0.2) is 29.9 Å². The number of hydrogen-bond acceptors (Lipinski definition) is 5. The van der Waals surface area contributed by atoms with Gasteiger partial charge in [-0.05, 0) is 42.8 Å². The Morgan fingerprint density at radius 3 is 2.70 bits per heavy atom. The van der Waals surface area contributed by atoms with Crippen LogP contribution in [0.3, 0.4) is 0 Å². The topological polar surface area (TPSA) is 80.8 Å². The van der Waals surface area contributed by atoms with Gasteiger partial charge >= 0.3 is 0 Å². The zero-order valence-electron chi connectivity index (χ0n) is 18.2. The van der Waals surface area contributed by atoms with Crippen LogP contribution >= 0.6 is 11.6 Å². The summed E-state index contributed by atoms with van der Waals surface area (Å²) in [7, 11) is 0. The molecular formula is C25H24ClN3O4. The highest BCUT2D eigenvalue weighted by molar-refractivity contribution is 6.31. The van der Waals surface area contributed by atoms with Gasteiger partial charge in [-0.15, -0.1) is 0 Å². The Balaban J connectivity index is 1.31. The lowest BCUT2D eigenvalue weighted by molar-refractivity contribution is -0.126. The van der Waals surface area contributed by atoms with Crippen LogP contribution in [-0.2, 0) is 16.1 Å². The van der Waals surface area contributed by atoms with Gasteiger partial charge in [0.25, 0.3) is 0 Å². The third-order valence-electron chi connectivity index (χ3n) is 5.24. The number of benzene rings is 2. The number of hydrogen-bond donors (Lipinski definition) is 1. The van der Waals surface area contributed by atoms with Gasteiger partial charge in [0, 0.05) is 42.5 Å². The van der Waals surface area contributed by atoms with E-state index < -0.39 is 5.92 Å². The normalized spacial score (nSPS) is 15.4.